The highest BCUT2D eigenvalue weighted by Crippen LogP contribution is 2.31. The third-order valence-corrected chi connectivity index (χ3v) is 3.20. The van der Waals surface area contributed by atoms with E-state index in [2.05, 4.69) is 15.5 Å². The van der Waals surface area contributed by atoms with Crippen LogP contribution in [0.4, 0.5) is 5.82 Å². The van der Waals surface area contributed by atoms with Crippen LogP contribution in [0, 0.1) is 0 Å². The minimum atomic E-state index is -0.0704. The first-order valence-corrected chi connectivity index (χ1v) is 6.08. The van der Waals surface area contributed by atoms with E-state index in [1.165, 1.54) is 51.1 Å². The molecular formula is C12H19N3O. The molecule has 1 aliphatic carbocycles. The summed E-state index contributed by atoms with van der Waals surface area (Å²) in [6.07, 6.45) is 7.79. The highest BCUT2D eigenvalue weighted by atomic mass is 16.1. The molecule has 1 aromatic heterocycles. The van der Waals surface area contributed by atoms with Crippen LogP contribution in [0.5, 0.6) is 0 Å². The summed E-state index contributed by atoms with van der Waals surface area (Å²) in [4.78, 5) is 10.9. The topological polar surface area (TPSA) is 57.8 Å². The number of anilines is 1. The van der Waals surface area contributed by atoms with E-state index in [1.807, 2.05) is 6.07 Å². The van der Waals surface area contributed by atoms with Gasteiger partial charge >= 0.3 is 0 Å². The highest BCUT2D eigenvalue weighted by molar-refractivity contribution is 5.87. The average molecular weight is 221 g/mol. The number of carbonyl (C=O) groups excluding carboxylic acids is 1. The summed E-state index contributed by atoms with van der Waals surface area (Å²) in [5.74, 6) is 1.17. The molecule has 0 aromatic carbocycles. The van der Waals surface area contributed by atoms with Crippen LogP contribution in [0.25, 0.3) is 0 Å². The zero-order valence-corrected chi connectivity index (χ0v) is 9.75. The van der Waals surface area contributed by atoms with Gasteiger partial charge in [0.2, 0.25) is 5.91 Å². The Hall–Kier alpha value is -1.32. The fourth-order valence-corrected chi connectivity index (χ4v) is 2.38. The van der Waals surface area contributed by atoms with Crippen molar-refractivity contribution in [2.75, 3.05) is 5.32 Å². The third-order valence-electron chi connectivity index (χ3n) is 3.20. The number of nitrogens with one attached hydrogen (secondary N) is 2. The van der Waals surface area contributed by atoms with Crippen molar-refractivity contribution in [2.45, 2.75) is 51.4 Å². The standard InChI is InChI=1S/C12H19N3O/c1-9(16)13-12-8-11(14-15-12)10-6-4-2-3-5-7-10/h8,10H,2-7H2,1H3,(H2,13,14,15,16). The fourth-order valence-electron chi connectivity index (χ4n) is 2.38. The summed E-state index contributed by atoms with van der Waals surface area (Å²) in [5, 5.41) is 9.85. The van der Waals surface area contributed by atoms with Crippen LogP contribution < -0.4 is 5.32 Å². The number of amides is 1. The molecule has 0 saturated heterocycles. The molecule has 0 unspecified atom stereocenters. The number of carbonyl (C=O) groups is 1. The fraction of sp³-hybridized carbons (Fsp3) is 0.667. The number of aromatic nitrogens is 2. The van der Waals surface area contributed by atoms with E-state index in [0.29, 0.717) is 11.7 Å². The maximum absolute atomic E-state index is 10.9. The molecule has 2 rings (SSSR count). The van der Waals surface area contributed by atoms with Gasteiger partial charge < -0.3 is 5.32 Å². The number of aromatic amines is 1. The molecule has 0 atom stereocenters. The van der Waals surface area contributed by atoms with Gasteiger partial charge in [-0.2, -0.15) is 5.10 Å². The van der Waals surface area contributed by atoms with Gasteiger partial charge in [0.1, 0.15) is 0 Å². The molecule has 88 valence electrons. The maximum atomic E-state index is 10.9. The van der Waals surface area contributed by atoms with E-state index in [1.54, 1.807) is 0 Å². The van der Waals surface area contributed by atoms with Gasteiger partial charge in [-0.25, -0.2) is 0 Å². The molecule has 1 heterocycles. The van der Waals surface area contributed by atoms with Crippen molar-refractivity contribution in [3.8, 4) is 0 Å². The average Bonchev–Trinajstić information content (AvgIpc) is 2.53. The Morgan fingerprint density at radius 1 is 1.38 bits per heavy atom. The van der Waals surface area contributed by atoms with E-state index in [0.717, 1.165) is 0 Å². The van der Waals surface area contributed by atoms with E-state index in [-0.39, 0.29) is 5.91 Å². The van der Waals surface area contributed by atoms with E-state index in [9.17, 15) is 4.79 Å². The van der Waals surface area contributed by atoms with Crippen molar-refractivity contribution in [3.05, 3.63) is 11.8 Å². The van der Waals surface area contributed by atoms with Gasteiger partial charge in [-0.05, 0) is 12.8 Å². The molecular weight excluding hydrogens is 202 g/mol. The van der Waals surface area contributed by atoms with Gasteiger partial charge in [-0.1, -0.05) is 25.7 Å². The summed E-state index contributed by atoms with van der Waals surface area (Å²) in [6, 6.07) is 1.97. The molecule has 0 spiro atoms. The molecule has 16 heavy (non-hydrogen) atoms. The predicted molar refractivity (Wildman–Crippen MR) is 63.3 cm³/mol. The maximum Gasteiger partial charge on any atom is 0.222 e. The lowest BCUT2D eigenvalue weighted by atomic mass is 9.97. The van der Waals surface area contributed by atoms with Crippen LogP contribution in [0.1, 0.15) is 57.1 Å². The highest BCUT2D eigenvalue weighted by Gasteiger charge is 2.16. The second kappa shape index (κ2) is 5.14. The summed E-state index contributed by atoms with van der Waals surface area (Å²) < 4.78 is 0. The van der Waals surface area contributed by atoms with Crippen LogP contribution in [-0.2, 0) is 4.79 Å². The van der Waals surface area contributed by atoms with Gasteiger partial charge in [0.05, 0.1) is 0 Å². The first-order valence-electron chi connectivity index (χ1n) is 6.08. The Morgan fingerprint density at radius 2 is 2.06 bits per heavy atom. The van der Waals surface area contributed by atoms with Crippen molar-refractivity contribution in [1.82, 2.24) is 10.2 Å². The van der Waals surface area contributed by atoms with Gasteiger partial charge in [0, 0.05) is 24.6 Å². The van der Waals surface area contributed by atoms with Gasteiger partial charge in [0.25, 0.3) is 0 Å². The molecule has 1 fully saturated rings. The summed E-state index contributed by atoms with van der Waals surface area (Å²) in [6.45, 7) is 1.50. The monoisotopic (exact) mass is 221 g/mol. The molecule has 2 N–H and O–H groups in total. The Balaban J connectivity index is 2.02. The summed E-state index contributed by atoms with van der Waals surface area (Å²) >= 11 is 0. The molecule has 0 bridgehead atoms. The molecule has 0 radical (unpaired) electrons. The van der Waals surface area contributed by atoms with E-state index in [4.69, 9.17) is 0 Å². The summed E-state index contributed by atoms with van der Waals surface area (Å²) in [7, 11) is 0. The Kier molecular flexibility index (Phi) is 3.59. The van der Waals surface area contributed by atoms with E-state index >= 15 is 0 Å². The minimum Gasteiger partial charge on any atom is -0.309 e. The number of nitrogens with zero attached hydrogens (tertiary/aromatic N) is 1. The zero-order valence-electron chi connectivity index (χ0n) is 9.75. The van der Waals surface area contributed by atoms with E-state index < -0.39 is 0 Å². The molecule has 1 aromatic rings. The number of rotatable bonds is 2. The van der Waals surface area contributed by atoms with Crippen molar-refractivity contribution in [1.29, 1.82) is 0 Å². The Morgan fingerprint density at radius 3 is 2.69 bits per heavy atom. The van der Waals surface area contributed by atoms with Crippen LogP contribution in [0.3, 0.4) is 0 Å². The smallest absolute Gasteiger partial charge is 0.222 e. The number of H-pyrrole nitrogens is 1. The van der Waals surface area contributed by atoms with Crippen LogP contribution in [0.2, 0.25) is 0 Å². The quantitative estimate of drug-likeness (QED) is 0.754. The lowest BCUT2D eigenvalue weighted by molar-refractivity contribution is -0.114. The number of hydrogen-bond acceptors (Lipinski definition) is 2. The molecule has 1 amide bonds. The normalized spacial score (nSPS) is 18.1. The Bertz CT molecular complexity index is 351. The van der Waals surface area contributed by atoms with Crippen LogP contribution in [-0.4, -0.2) is 16.1 Å². The third kappa shape index (κ3) is 2.84. The molecule has 1 saturated carbocycles. The minimum absolute atomic E-state index is 0.0704. The summed E-state index contributed by atoms with van der Waals surface area (Å²) in [5.41, 5.74) is 1.17. The van der Waals surface area contributed by atoms with Crippen molar-refractivity contribution < 1.29 is 4.79 Å². The van der Waals surface area contributed by atoms with Crippen molar-refractivity contribution in [3.63, 3.8) is 0 Å². The van der Waals surface area contributed by atoms with Crippen LogP contribution >= 0.6 is 0 Å². The first-order chi connectivity index (χ1) is 7.75. The first kappa shape index (κ1) is 11.2. The van der Waals surface area contributed by atoms with Gasteiger partial charge in [0.15, 0.2) is 5.82 Å². The van der Waals surface area contributed by atoms with Gasteiger partial charge in [-0.15, -0.1) is 0 Å². The van der Waals surface area contributed by atoms with Crippen molar-refractivity contribution in [2.24, 2.45) is 0 Å². The van der Waals surface area contributed by atoms with Gasteiger partial charge in [-0.3, -0.25) is 9.89 Å². The van der Waals surface area contributed by atoms with Crippen molar-refractivity contribution >= 4 is 11.7 Å². The SMILES string of the molecule is CC(=O)Nc1cc(C2CCCCCC2)[nH]n1. The number of hydrogen-bond donors (Lipinski definition) is 2. The molecule has 4 heteroatoms. The van der Waals surface area contributed by atoms with Crippen LogP contribution in [0.15, 0.2) is 6.07 Å². The second-order valence-corrected chi connectivity index (χ2v) is 4.58. The second-order valence-electron chi connectivity index (χ2n) is 4.58. The molecule has 1 aliphatic rings. The lowest BCUT2D eigenvalue weighted by Crippen LogP contribution is -2.05. The zero-order chi connectivity index (χ0) is 11.4. The largest absolute Gasteiger partial charge is 0.309 e. The molecule has 4 nitrogen and oxygen atoms in total. The predicted octanol–water partition coefficient (Wildman–Crippen LogP) is 2.81. The lowest BCUT2D eigenvalue weighted by Gasteiger charge is -2.10. The Labute approximate surface area is 95.8 Å². The molecule has 0 aliphatic heterocycles.